The Labute approximate surface area is 132 Å². The first-order valence-electron chi connectivity index (χ1n) is 7.24. The Bertz CT molecular complexity index is 649. The van der Waals surface area contributed by atoms with E-state index in [1.54, 1.807) is 23.0 Å². The van der Waals surface area contributed by atoms with Gasteiger partial charge in [-0.2, -0.15) is 0 Å². The highest BCUT2D eigenvalue weighted by Crippen LogP contribution is 2.36. The molecule has 0 aliphatic heterocycles. The van der Waals surface area contributed by atoms with Crippen molar-refractivity contribution in [3.8, 4) is 5.69 Å². The molecule has 4 nitrogen and oxygen atoms in total. The number of imidazole rings is 1. The van der Waals surface area contributed by atoms with Gasteiger partial charge in [0.2, 0.25) is 9.04 Å². The third-order valence-corrected chi connectivity index (χ3v) is 3.97. The van der Waals surface area contributed by atoms with Crippen LogP contribution in [0.1, 0.15) is 32.6 Å². The second-order valence-electron chi connectivity index (χ2n) is 6.69. The van der Waals surface area contributed by atoms with Gasteiger partial charge >= 0.3 is 0 Å². The van der Waals surface area contributed by atoms with Crippen LogP contribution in [0.3, 0.4) is 0 Å². The molecule has 0 aliphatic rings. The van der Waals surface area contributed by atoms with E-state index in [1.807, 2.05) is 6.20 Å². The van der Waals surface area contributed by atoms with Gasteiger partial charge in [0, 0.05) is 11.9 Å². The fourth-order valence-electron chi connectivity index (χ4n) is 2.25. The summed E-state index contributed by atoms with van der Waals surface area (Å²) in [6.07, 6.45) is 3.33. The van der Waals surface area contributed by atoms with E-state index in [9.17, 15) is 4.39 Å². The van der Waals surface area contributed by atoms with Crippen molar-refractivity contribution in [3.05, 3.63) is 42.2 Å². The second-order valence-corrected chi connectivity index (χ2v) is 8.74. The number of aromatic nitrogens is 2. The normalized spacial score (nSPS) is 13.6. The number of rotatable bonds is 4. The minimum atomic E-state index is -0.871. The largest absolute Gasteiger partial charge is 0.408 e. The number of nitrogen functional groups attached to an aromatic ring is 1. The minimum absolute atomic E-state index is 0.0826. The Morgan fingerprint density at radius 3 is 2.55 bits per heavy atom. The fraction of sp³-hybridized carbons (Fsp3) is 0.438. The van der Waals surface area contributed by atoms with Gasteiger partial charge in [-0.15, -0.1) is 0 Å². The molecule has 0 amide bonds. The third kappa shape index (κ3) is 3.75. The maximum absolute atomic E-state index is 14.0. The molecule has 1 unspecified atom stereocenters. The Morgan fingerprint density at radius 1 is 1.32 bits per heavy atom. The first-order valence-corrected chi connectivity index (χ1v) is 9.65. The van der Waals surface area contributed by atoms with E-state index in [0.29, 0.717) is 11.4 Å². The summed E-state index contributed by atoms with van der Waals surface area (Å²) in [5.74, 6) is -0.368. The van der Waals surface area contributed by atoms with E-state index in [0.717, 1.165) is 5.69 Å². The van der Waals surface area contributed by atoms with Crippen LogP contribution in [0, 0.1) is 11.2 Å². The molecule has 1 heterocycles. The number of halogens is 1. The van der Waals surface area contributed by atoms with Gasteiger partial charge in [-0.3, -0.25) is 0 Å². The Balaban J connectivity index is 2.36. The Morgan fingerprint density at radius 2 is 2.00 bits per heavy atom. The van der Waals surface area contributed by atoms with Crippen LogP contribution in [0.15, 0.2) is 30.7 Å². The molecule has 0 bridgehead atoms. The van der Waals surface area contributed by atoms with Crippen molar-refractivity contribution < 1.29 is 8.82 Å². The predicted molar refractivity (Wildman–Crippen MR) is 88.7 cm³/mol. The number of anilines is 1. The van der Waals surface area contributed by atoms with Crippen LogP contribution in [-0.2, 0) is 4.43 Å². The van der Waals surface area contributed by atoms with Gasteiger partial charge in [0.15, 0.2) is 0 Å². The van der Waals surface area contributed by atoms with Crippen molar-refractivity contribution >= 4 is 14.7 Å². The Hall–Kier alpha value is -1.66. The van der Waals surface area contributed by atoms with Gasteiger partial charge in [0.25, 0.3) is 0 Å². The van der Waals surface area contributed by atoms with E-state index in [4.69, 9.17) is 10.2 Å². The lowest BCUT2D eigenvalue weighted by Crippen LogP contribution is -2.26. The van der Waals surface area contributed by atoms with E-state index in [1.165, 1.54) is 6.07 Å². The SMILES string of the molecule is C[Si](C)OC(c1cn(-c2ccc(N)cc2F)cn1)C(C)(C)C. The van der Waals surface area contributed by atoms with Crippen molar-refractivity contribution in [2.75, 3.05) is 5.73 Å². The Kier molecular flexibility index (Phi) is 4.72. The summed E-state index contributed by atoms with van der Waals surface area (Å²) in [5.41, 5.74) is 7.16. The second kappa shape index (κ2) is 6.22. The molecule has 2 N–H and O–H groups in total. The van der Waals surface area contributed by atoms with Crippen molar-refractivity contribution in [2.24, 2.45) is 5.41 Å². The van der Waals surface area contributed by atoms with E-state index >= 15 is 0 Å². The number of nitrogens with zero attached hydrogens (tertiary/aromatic N) is 2. The van der Waals surface area contributed by atoms with Crippen LogP contribution in [0.2, 0.25) is 13.1 Å². The zero-order valence-corrected chi connectivity index (χ0v) is 14.7. The molecule has 0 saturated carbocycles. The topological polar surface area (TPSA) is 53.1 Å². The zero-order chi connectivity index (χ0) is 16.5. The highest BCUT2D eigenvalue weighted by atomic mass is 28.3. The molecular formula is C16H23FN3OSi. The lowest BCUT2D eigenvalue weighted by molar-refractivity contribution is 0.0830. The van der Waals surface area contributed by atoms with Crippen LogP contribution in [0.25, 0.3) is 5.69 Å². The molecule has 1 atom stereocenters. The number of nitrogens with two attached hydrogens (primary N) is 1. The maximum Gasteiger partial charge on any atom is 0.205 e. The smallest absolute Gasteiger partial charge is 0.205 e. The van der Waals surface area contributed by atoms with Gasteiger partial charge in [-0.1, -0.05) is 20.8 Å². The molecule has 0 aliphatic carbocycles. The summed E-state index contributed by atoms with van der Waals surface area (Å²) in [7, 11) is -0.871. The van der Waals surface area contributed by atoms with E-state index in [-0.39, 0.29) is 17.3 Å². The van der Waals surface area contributed by atoms with E-state index < -0.39 is 9.04 Å². The molecule has 1 aromatic heterocycles. The van der Waals surface area contributed by atoms with Crippen LogP contribution < -0.4 is 5.73 Å². The van der Waals surface area contributed by atoms with Crippen molar-refractivity contribution in [3.63, 3.8) is 0 Å². The summed E-state index contributed by atoms with van der Waals surface area (Å²) in [6.45, 7) is 10.5. The molecule has 0 saturated heterocycles. The van der Waals surface area contributed by atoms with Crippen molar-refractivity contribution in [2.45, 2.75) is 40.0 Å². The molecule has 2 aromatic rings. The standard InChI is InChI=1S/C16H23FN3OSi/c1-16(2,3)15(21-22(4)5)13-9-20(10-19-13)14-7-6-11(18)8-12(14)17/h6-10,15H,18H2,1-5H3. The van der Waals surface area contributed by atoms with Gasteiger partial charge in [0.05, 0.1) is 23.8 Å². The van der Waals surface area contributed by atoms with Crippen molar-refractivity contribution in [1.29, 1.82) is 0 Å². The maximum atomic E-state index is 14.0. The van der Waals surface area contributed by atoms with E-state index in [2.05, 4.69) is 38.8 Å². The van der Waals surface area contributed by atoms with Crippen LogP contribution >= 0.6 is 0 Å². The molecule has 1 radical (unpaired) electrons. The quantitative estimate of drug-likeness (QED) is 0.685. The summed E-state index contributed by atoms with van der Waals surface area (Å²) in [4.78, 5) is 4.43. The molecule has 22 heavy (non-hydrogen) atoms. The first-order chi connectivity index (χ1) is 10.2. The first kappa shape index (κ1) is 16.7. The minimum Gasteiger partial charge on any atom is -0.408 e. The van der Waals surface area contributed by atoms with Gasteiger partial charge < -0.3 is 14.7 Å². The monoisotopic (exact) mass is 320 g/mol. The van der Waals surface area contributed by atoms with Crippen LogP contribution in [0.4, 0.5) is 10.1 Å². The van der Waals surface area contributed by atoms with Gasteiger partial charge in [-0.25, -0.2) is 9.37 Å². The van der Waals surface area contributed by atoms with Crippen molar-refractivity contribution in [1.82, 2.24) is 9.55 Å². The lowest BCUT2D eigenvalue weighted by atomic mass is 9.87. The predicted octanol–water partition coefficient (Wildman–Crippen LogP) is 3.95. The average molecular weight is 320 g/mol. The molecule has 2 rings (SSSR count). The molecule has 1 aromatic carbocycles. The highest BCUT2D eigenvalue weighted by Gasteiger charge is 2.30. The molecular weight excluding hydrogens is 297 g/mol. The van der Waals surface area contributed by atoms with Crippen LogP contribution in [-0.4, -0.2) is 18.6 Å². The highest BCUT2D eigenvalue weighted by molar-refractivity contribution is 6.48. The number of hydrogen-bond donors (Lipinski definition) is 1. The molecule has 0 spiro atoms. The summed E-state index contributed by atoms with van der Waals surface area (Å²) in [6, 6.07) is 4.64. The van der Waals surface area contributed by atoms with Crippen LogP contribution in [0.5, 0.6) is 0 Å². The number of benzene rings is 1. The summed E-state index contributed by atoms with van der Waals surface area (Å²) < 4.78 is 21.8. The molecule has 6 heteroatoms. The summed E-state index contributed by atoms with van der Waals surface area (Å²) in [5, 5.41) is 0. The third-order valence-electron chi connectivity index (χ3n) is 3.26. The van der Waals surface area contributed by atoms with Gasteiger partial charge in [0.1, 0.15) is 5.82 Å². The number of hydrogen-bond acceptors (Lipinski definition) is 3. The lowest BCUT2D eigenvalue weighted by Gasteiger charge is -2.31. The van der Waals surface area contributed by atoms with Gasteiger partial charge in [-0.05, 0) is 36.7 Å². The average Bonchev–Trinajstić information content (AvgIpc) is 2.83. The molecule has 119 valence electrons. The molecule has 0 fully saturated rings. The zero-order valence-electron chi connectivity index (χ0n) is 13.7. The summed E-state index contributed by atoms with van der Waals surface area (Å²) >= 11 is 0. The fourth-order valence-corrected chi connectivity index (χ4v) is 3.20.